The Morgan fingerprint density at radius 2 is 2.08 bits per heavy atom. The Kier molecular flexibility index (Phi) is 7.03. The van der Waals surface area contributed by atoms with Crippen molar-refractivity contribution >= 4 is 5.96 Å². The van der Waals surface area contributed by atoms with Gasteiger partial charge in [0.1, 0.15) is 6.54 Å². The zero-order valence-corrected chi connectivity index (χ0v) is 16.0. The number of aromatic nitrogens is 3. The Morgan fingerprint density at radius 1 is 1.28 bits per heavy atom. The first-order valence-electron chi connectivity index (χ1n) is 8.98. The molecule has 2 N–H and O–H groups in total. The molecule has 0 spiro atoms. The molecule has 0 unspecified atom stereocenters. The van der Waals surface area contributed by atoms with Gasteiger partial charge >= 0.3 is 0 Å². The lowest BCUT2D eigenvalue weighted by Gasteiger charge is -2.11. The molecule has 2 heterocycles. The first kappa shape index (κ1) is 19.0. The number of rotatable bonds is 8. The van der Waals surface area contributed by atoms with Crippen LogP contribution < -0.4 is 10.6 Å². The molecule has 0 fully saturated rings. The topological polar surface area (TPSA) is 80.3 Å². The molecule has 0 aliphatic carbocycles. The second-order valence-electron chi connectivity index (χ2n) is 6.50. The number of guanidine groups is 1. The number of aryl methyl sites for hydroxylation is 3. The molecule has 0 radical (unpaired) electrons. The van der Waals surface area contributed by atoms with Gasteiger partial charge in [-0.3, -0.25) is 4.68 Å². The second-order valence-corrected chi connectivity index (χ2v) is 6.50. The first-order valence-corrected chi connectivity index (χ1v) is 8.98. The van der Waals surface area contributed by atoms with Gasteiger partial charge in [-0.2, -0.15) is 5.10 Å². The second kappa shape index (κ2) is 9.25. The maximum absolute atomic E-state index is 5.33. The minimum atomic E-state index is 0.363. The summed E-state index contributed by atoms with van der Waals surface area (Å²) in [4.78, 5) is 4.56. The molecule has 2 aromatic heterocycles. The molecular weight excluding hydrogens is 316 g/mol. The van der Waals surface area contributed by atoms with Crippen molar-refractivity contribution in [2.45, 2.75) is 60.0 Å². The Hall–Kier alpha value is -2.31. The van der Waals surface area contributed by atoms with Crippen molar-refractivity contribution < 1.29 is 4.52 Å². The fourth-order valence-electron chi connectivity index (χ4n) is 2.51. The predicted octanol–water partition coefficient (Wildman–Crippen LogP) is 2.76. The van der Waals surface area contributed by atoms with E-state index in [0.29, 0.717) is 12.5 Å². The van der Waals surface area contributed by atoms with Gasteiger partial charge < -0.3 is 15.2 Å². The van der Waals surface area contributed by atoms with E-state index in [1.807, 2.05) is 17.7 Å². The van der Waals surface area contributed by atoms with Crippen LogP contribution in [0, 0.1) is 13.8 Å². The smallest absolute Gasteiger partial charge is 0.191 e. The molecule has 7 nitrogen and oxygen atoms in total. The third kappa shape index (κ3) is 5.92. The van der Waals surface area contributed by atoms with Gasteiger partial charge in [0, 0.05) is 31.4 Å². The molecular formula is C18H30N6O. The number of nitrogens with zero attached hydrogens (tertiary/aromatic N) is 4. The molecule has 2 aromatic rings. The van der Waals surface area contributed by atoms with E-state index < -0.39 is 0 Å². The van der Waals surface area contributed by atoms with Gasteiger partial charge in [0.2, 0.25) is 0 Å². The van der Waals surface area contributed by atoms with E-state index in [1.54, 1.807) is 0 Å². The summed E-state index contributed by atoms with van der Waals surface area (Å²) in [5.41, 5.74) is 3.23. The van der Waals surface area contributed by atoms with E-state index in [4.69, 9.17) is 4.52 Å². The van der Waals surface area contributed by atoms with E-state index in [-0.39, 0.29) is 0 Å². The van der Waals surface area contributed by atoms with Gasteiger partial charge in [-0.15, -0.1) is 0 Å². The van der Waals surface area contributed by atoms with Crippen molar-refractivity contribution in [3.05, 3.63) is 35.0 Å². The number of nitrogens with one attached hydrogen (secondary N) is 2. The Bertz CT molecular complexity index is 686. The highest BCUT2D eigenvalue weighted by Crippen LogP contribution is 2.14. The standard InChI is InChI=1S/C18H30N6O/c1-6-19-18(21-12-16-11-17(13(2)3)23-25-16)20-8-7-9-24-15(5)10-14(4)22-24/h10-11,13H,6-9,12H2,1-5H3,(H2,19,20,21). The summed E-state index contributed by atoms with van der Waals surface area (Å²) in [5, 5.41) is 15.1. The highest BCUT2D eigenvalue weighted by Gasteiger charge is 2.07. The highest BCUT2D eigenvalue weighted by molar-refractivity contribution is 5.79. The van der Waals surface area contributed by atoms with Crippen LogP contribution >= 0.6 is 0 Å². The number of hydrogen-bond acceptors (Lipinski definition) is 4. The van der Waals surface area contributed by atoms with Crippen LogP contribution in [0.5, 0.6) is 0 Å². The maximum Gasteiger partial charge on any atom is 0.191 e. The van der Waals surface area contributed by atoms with E-state index >= 15 is 0 Å². The third-order valence-corrected chi connectivity index (χ3v) is 3.85. The average molecular weight is 346 g/mol. The Morgan fingerprint density at radius 3 is 2.68 bits per heavy atom. The molecule has 0 aromatic carbocycles. The molecule has 0 saturated heterocycles. The zero-order chi connectivity index (χ0) is 18.2. The third-order valence-electron chi connectivity index (χ3n) is 3.85. The SMILES string of the molecule is CCNC(=NCc1cc(C(C)C)no1)NCCCn1nc(C)cc1C. The number of hydrogen-bond donors (Lipinski definition) is 2. The molecule has 7 heteroatoms. The van der Waals surface area contributed by atoms with Crippen LogP contribution in [-0.2, 0) is 13.1 Å². The summed E-state index contributed by atoms with van der Waals surface area (Å²) in [5.74, 6) is 1.93. The maximum atomic E-state index is 5.33. The van der Waals surface area contributed by atoms with Crippen molar-refractivity contribution in [3.63, 3.8) is 0 Å². The molecule has 2 rings (SSSR count). The lowest BCUT2D eigenvalue weighted by Crippen LogP contribution is -2.38. The highest BCUT2D eigenvalue weighted by atomic mass is 16.5. The van der Waals surface area contributed by atoms with Gasteiger partial charge in [-0.25, -0.2) is 4.99 Å². The number of aliphatic imine (C=N–C) groups is 1. The van der Waals surface area contributed by atoms with Gasteiger partial charge in [0.05, 0.1) is 11.4 Å². The summed E-state index contributed by atoms with van der Waals surface area (Å²) >= 11 is 0. The summed E-state index contributed by atoms with van der Waals surface area (Å²) in [7, 11) is 0. The monoisotopic (exact) mass is 346 g/mol. The van der Waals surface area contributed by atoms with Gasteiger partial charge in [0.25, 0.3) is 0 Å². The normalized spacial score (nSPS) is 12.0. The van der Waals surface area contributed by atoms with Crippen molar-refractivity contribution in [3.8, 4) is 0 Å². The van der Waals surface area contributed by atoms with Gasteiger partial charge in [-0.05, 0) is 39.2 Å². The largest absolute Gasteiger partial charge is 0.359 e. The molecule has 25 heavy (non-hydrogen) atoms. The molecule has 0 atom stereocenters. The Labute approximate surface area is 149 Å². The zero-order valence-electron chi connectivity index (χ0n) is 16.0. The summed E-state index contributed by atoms with van der Waals surface area (Å²) < 4.78 is 7.37. The predicted molar refractivity (Wildman–Crippen MR) is 99.7 cm³/mol. The van der Waals surface area contributed by atoms with Crippen LogP contribution in [0.1, 0.15) is 56.0 Å². The summed E-state index contributed by atoms with van der Waals surface area (Å²) in [6.07, 6.45) is 0.978. The first-order chi connectivity index (χ1) is 12.0. The van der Waals surface area contributed by atoms with Gasteiger partial charge in [-0.1, -0.05) is 19.0 Å². The van der Waals surface area contributed by atoms with E-state index in [1.165, 1.54) is 5.69 Å². The lowest BCUT2D eigenvalue weighted by molar-refractivity contribution is 0.376. The van der Waals surface area contributed by atoms with E-state index in [9.17, 15) is 0 Å². The molecule has 138 valence electrons. The molecule has 0 aliphatic rings. The molecule has 0 amide bonds. The summed E-state index contributed by atoms with van der Waals surface area (Å²) in [6.45, 7) is 13.4. The Balaban J connectivity index is 1.81. The fourth-order valence-corrected chi connectivity index (χ4v) is 2.51. The summed E-state index contributed by atoms with van der Waals surface area (Å²) in [6, 6.07) is 4.07. The minimum Gasteiger partial charge on any atom is -0.359 e. The van der Waals surface area contributed by atoms with Crippen LogP contribution in [0.25, 0.3) is 0 Å². The van der Waals surface area contributed by atoms with Gasteiger partial charge in [0.15, 0.2) is 11.7 Å². The van der Waals surface area contributed by atoms with Crippen molar-refractivity contribution in [2.24, 2.45) is 4.99 Å². The van der Waals surface area contributed by atoms with Crippen molar-refractivity contribution in [2.75, 3.05) is 13.1 Å². The molecule has 0 aliphatic heterocycles. The van der Waals surface area contributed by atoms with Crippen molar-refractivity contribution in [1.82, 2.24) is 25.6 Å². The van der Waals surface area contributed by atoms with Crippen LogP contribution in [0.2, 0.25) is 0 Å². The van der Waals surface area contributed by atoms with Crippen LogP contribution in [0.4, 0.5) is 0 Å². The minimum absolute atomic E-state index is 0.363. The van der Waals surface area contributed by atoms with Crippen molar-refractivity contribution in [1.29, 1.82) is 0 Å². The van der Waals surface area contributed by atoms with Crippen LogP contribution in [0.15, 0.2) is 21.6 Å². The lowest BCUT2D eigenvalue weighted by atomic mass is 10.1. The quantitative estimate of drug-likeness (QED) is 0.436. The fraction of sp³-hybridized carbons (Fsp3) is 0.611. The molecule has 0 saturated carbocycles. The average Bonchev–Trinajstić information content (AvgIpc) is 3.15. The van der Waals surface area contributed by atoms with E-state index in [2.05, 4.69) is 59.6 Å². The molecule has 0 bridgehead atoms. The van der Waals surface area contributed by atoms with Crippen LogP contribution in [0.3, 0.4) is 0 Å². The van der Waals surface area contributed by atoms with Crippen LogP contribution in [-0.4, -0.2) is 34.0 Å². The van der Waals surface area contributed by atoms with E-state index in [0.717, 1.165) is 49.2 Å².